The van der Waals surface area contributed by atoms with Crippen LogP contribution in [0.5, 0.6) is 5.88 Å². The van der Waals surface area contributed by atoms with Gasteiger partial charge in [0.2, 0.25) is 11.8 Å². The number of piperazine rings is 1. The third kappa shape index (κ3) is 3.25. The first kappa shape index (κ1) is 18.2. The molecule has 1 aliphatic heterocycles. The van der Waals surface area contributed by atoms with E-state index in [1.807, 2.05) is 52.9 Å². The molecule has 0 aliphatic carbocycles. The molecular formula is C21H23N5O2. The Hall–Kier alpha value is -3.19. The lowest BCUT2D eigenvalue weighted by atomic mass is 10.1. The van der Waals surface area contributed by atoms with Crippen molar-refractivity contribution in [2.24, 2.45) is 7.05 Å². The van der Waals surface area contributed by atoms with Gasteiger partial charge >= 0.3 is 0 Å². The highest BCUT2D eigenvalue weighted by Crippen LogP contribution is 2.36. The number of ether oxygens (including phenoxy) is 1. The highest BCUT2D eigenvalue weighted by molar-refractivity contribution is 6.02. The number of hydrogen-bond acceptors (Lipinski definition) is 5. The average molecular weight is 377 g/mol. The lowest BCUT2D eigenvalue weighted by Crippen LogP contribution is -2.45. The van der Waals surface area contributed by atoms with Gasteiger partial charge in [0.15, 0.2) is 0 Å². The number of methoxy groups -OCH3 is 1. The van der Waals surface area contributed by atoms with Gasteiger partial charge < -0.3 is 19.5 Å². The first-order valence-electron chi connectivity index (χ1n) is 9.31. The van der Waals surface area contributed by atoms with E-state index in [1.54, 1.807) is 13.2 Å². The standard InChI is InChI=1S/C21H23N5O2/c1-25-19(15-6-4-3-5-7-15)16(18-20(25)23-14-24-21(18)28-2)8-9-17(27)26-12-10-22-11-13-26/h3-9,14,22H,10-13H2,1-2H3/b9-8+. The summed E-state index contributed by atoms with van der Waals surface area (Å²) in [6.45, 7) is 3.09. The van der Waals surface area contributed by atoms with E-state index in [-0.39, 0.29) is 5.91 Å². The summed E-state index contributed by atoms with van der Waals surface area (Å²) in [5, 5.41) is 4.06. The van der Waals surface area contributed by atoms with Crippen LogP contribution in [0.25, 0.3) is 28.4 Å². The fourth-order valence-corrected chi connectivity index (χ4v) is 3.66. The zero-order chi connectivity index (χ0) is 19.5. The first-order chi connectivity index (χ1) is 13.7. The molecule has 7 nitrogen and oxygen atoms in total. The molecule has 0 bridgehead atoms. The maximum Gasteiger partial charge on any atom is 0.246 e. The van der Waals surface area contributed by atoms with Crippen molar-refractivity contribution in [3.63, 3.8) is 0 Å². The molecule has 4 rings (SSSR count). The summed E-state index contributed by atoms with van der Waals surface area (Å²) < 4.78 is 7.51. The van der Waals surface area contributed by atoms with Crippen molar-refractivity contribution in [1.82, 2.24) is 24.8 Å². The molecule has 1 aliphatic rings. The third-order valence-electron chi connectivity index (χ3n) is 5.03. The summed E-state index contributed by atoms with van der Waals surface area (Å²) in [7, 11) is 3.56. The first-order valence-corrected chi connectivity index (χ1v) is 9.31. The fraction of sp³-hybridized carbons (Fsp3) is 0.286. The number of carbonyl (C=O) groups excluding carboxylic acids is 1. The van der Waals surface area contributed by atoms with E-state index in [1.165, 1.54) is 6.33 Å². The van der Waals surface area contributed by atoms with Crippen molar-refractivity contribution in [2.75, 3.05) is 33.3 Å². The van der Waals surface area contributed by atoms with E-state index in [0.29, 0.717) is 5.88 Å². The molecule has 0 saturated carbocycles. The Morgan fingerprint density at radius 3 is 2.64 bits per heavy atom. The Morgan fingerprint density at radius 2 is 1.93 bits per heavy atom. The van der Waals surface area contributed by atoms with Gasteiger partial charge in [0, 0.05) is 44.9 Å². The number of aromatic nitrogens is 3. The molecule has 0 unspecified atom stereocenters. The van der Waals surface area contributed by atoms with Crippen LogP contribution in [-0.4, -0.2) is 58.6 Å². The number of carbonyl (C=O) groups is 1. The molecule has 0 spiro atoms. The van der Waals surface area contributed by atoms with Crippen LogP contribution in [0, 0.1) is 0 Å². The number of benzene rings is 1. The van der Waals surface area contributed by atoms with Crippen LogP contribution >= 0.6 is 0 Å². The Labute approximate surface area is 163 Å². The summed E-state index contributed by atoms with van der Waals surface area (Å²) >= 11 is 0. The number of fused-ring (bicyclic) bond motifs is 1. The number of nitrogens with one attached hydrogen (secondary N) is 1. The molecule has 3 heterocycles. The molecule has 28 heavy (non-hydrogen) atoms. The summed E-state index contributed by atoms with van der Waals surface area (Å²) in [6, 6.07) is 10.1. The highest BCUT2D eigenvalue weighted by atomic mass is 16.5. The van der Waals surface area contributed by atoms with Gasteiger partial charge in [-0.15, -0.1) is 0 Å². The molecule has 7 heteroatoms. The molecule has 3 aromatic rings. The minimum atomic E-state index is 0.00771. The van der Waals surface area contributed by atoms with Gasteiger partial charge in [0.25, 0.3) is 0 Å². The van der Waals surface area contributed by atoms with Crippen LogP contribution in [0.15, 0.2) is 42.7 Å². The van der Waals surface area contributed by atoms with Gasteiger partial charge in [-0.1, -0.05) is 30.3 Å². The van der Waals surface area contributed by atoms with Crippen LogP contribution in [0.4, 0.5) is 0 Å². The highest BCUT2D eigenvalue weighted by Gasteiger charge is 2.21. The minimum absolute atomic E-state index is 0.00771. The van der Waals surface area contributed by atoms with Crippen molar-refractivity contribution in [3.8, 4) is 17.1 Å². The van der Waals surface area contributed by atoms with Crippen molar-refractivity contribution >= 4 is 23.0 Å². The van der Waals surface area contributed by atoms with E-state index in [4.69, 9.17) is 4.74 Å². The van der Waals surface area contributed by atoms with Crippen molar-refractivity contribution in [3.05, 3.63) is 48.3 Å². The van der Waals surface area contributed by atoms with Gasteiger partial charge in [-0.2, -0.15) is 0 Å². The van der Waals surface area contributed by atoms with E-state index < -0.39 is 0 Å². The fourth-order valence-electron chi connectivity index (χ4n) is 3.66. The Bertz CT molecular complexity index is 1020. The topological polar surface area (TPSA) is 72.3 Å². The van der Waals surface area contributed by atoms with Crippen LogP contribution in [0.2, 0.25) is 0 Å². The average Bonchev–Trinajstić information content (AvgIpc) is 3.05. The predicted octanol–water partition coefficient (Wildman–Crippen LogP) is 2.09. The summed E-state index contributed by atoms with van der Waals surface area (Å²) in [5.74, 6) is 0.505. The van der Waals surface area contributed by atoms with Crippen LogP contribution < -0.4 is 10.1 Å². The van der Waals surface area contributed by atoms with E-state index >= 15 is 0 Å². The van der Waals surface area contributed by atoms with Gasteiger partial charge in [0.05, 0.1) is 18.2 Å². The molecule has 1 fully saturated rings. The second-order valence-electron chi connectivity index (χ2n) is 6.68. The van der Waals surface area contributed by atoms with Gasteiger partial charge in [-0.05, 0) is 11.6 Å². The Morgan fingerprint density at radius 1 is 1.18 bits per heavy atom. The number of amides is 1. The second kappa shape index (κ2) is 7.82. The second-order valence-corrected chi connectivity index (χ2v) is 6.68. The molecule has 1 aromatic carbocycles. The van der Waals surface area contributed by atoms with Gasteiger partial charge in [-0.3, -0.25) is 4.79 Å². The lowest BCUT2D eigenvalue weighted by molar-refractivity contribution is -0.126. The zero-order valence-corrected chi connectivity index (χ0v) is 16.1. The number of hydrogen-bond donors (Lipinski definition) is 1. The normalized spacial score (nSPS) is 14.7. The quantitative estimate of drug-likeness (QED) is 0.705. The molecule has 1 saturated heterocycles. The molecule has 0 atom stereocenters. The summed E-state index contributed by atoms with van der Waals surface area (Å²) in [4.78, 5) is 23.2. The molecule has 1 N–H and O–H groups in total. The summed E-state index contributed by atoms with van der Waals surface area (Å²) in [5.41, 5.74) is 3.66. The SMILES string of the molecule is COc1ncnc2c1c(/C=C/C(=O)N1CCNCC1)c(-c1ccccc1)n2C. The van der Waals surface area contributed by atoms with Crippen molar-refractivity contribution < 1.29 is 9.53 Å². The van der Waals surface area contributed by atoms with E-state index in [2.05, 4.69) is 15.3 Å². The minimum Gasteiger partial charge on any atom is -0.480 e. The van der Waals surface area contributed by atoms with E-state index in [0.717, 1.165) is 54.0 Å². The molecule has 1 amide bonds. The monoisotopic (exact) mass is 377 g/mol. The maximum atomic E-state index is 12.7. The third-order valence-corrected chi connectivity index (χ3v) is 5.03. The largest absolute Gasteiger partial charge is 0.480 e. The zero-order valence-electron chi connectivity index (χ0n) is 16.1. The Kier molecular flexibility index (Phi) is 5.08. The molecule has 0 radical (unpaired) electrons. The van der Waals surface area contributed by atoms with Crippen LogP contribution in [-0.2, 0) is 11.8 Å². The lowest BCUT2D eigenvalue weighted by Gasteiger charge is -2.26. The van der Waals surface area contributed by atoms with Gasteiger partial charge in [-0.25, -0.2) is 9.97 Å². The van der Waals surface area contributed by atoms with Crippen LogP contribution in [0.1, 0.15) is 5.56 Å². The molecular weight excluding hydrogens is 354 g/mol. The van der Waals surface area contributed by atoms with Crippen LogP contribution in [0.3, 0.4) is 0 Å². The van der Waals surface area contributed by atoms with Gasteiger partial charge in [0.1, 0.15) is 12.0 Å². The van der Waals surface area contributed by atoms with E-state index in [9.17, 15) is 4.79 Å². The molecule has 144 valence electrons. The van der Waals surface area contributed by atoms with Crippen molar-refractivity contribution in [2.45, 2.75) is 0 Å². The number of rotatable bonds is 4. The maximum absolute atomic E-state index is 12.7. The number of nitrogens with zero attached hydrogens (tertiary/aromatic N) is 4. The molecule has 2 aromatic heterocycles. The Balaban J connectivity index is 1.85. The smallest absolute Gasteiger partial charge is 0.246 e. The predicted molar refractivity (Wildman–Crippen MR) is 109 cm³/mol. The number of aryl methyl sites for hydroxylation is 1. The van der Waals surface area contributed by atoms with Crippen molar-refractivity contribution in [1.29, 1.82) is 0 Å². The summed E-state index contributed by atoms with van der Waals surface area (Å²) in [6.07, 6.45) is 5.00.